The number of esters is 1. The number of aliphatic imine (C=N–C) groups is 1. The van der Waals surface area contributed by atoms with E-state index in [2.05, 4.69) is 0 Å². The highest BCUT2D eigenvalue weighted by molar-refractivity contribution is 6.11. The van der Waals surface area contributed by atoms with Gasteiger partial charge in [-0.1, -0.05) is 49.6 Å². The molecule has 0 bridgehead atoms. The van der Waals surface area contributed by atoms with E-state index >= 15 is 0 Å². The fraction of sp³-hybridized carbons (Fsp3) is 0.600. The predicted octanol–water partition coefficient (Wildman–Crippen LogP) is 2.04. The highest BCUT2D eigenvalue weighted by Gasteiger charge is 2.73. The number of carbonyl (C=O) groups excluding carboxylic acids is 3. The molecule has 2 amide bonds. The van der Waals surface area contributed by atoms with Crippen LogP contribution in [0.4, 0.5) is 0 Å². The van der Waals surface area contributed by atoms with Crippen LogP contribution in [0.25, 0.3) is 0 Å². The van der Waals surface area contributed by atoms with Crippen LogP contribution in [0.3, 0.4) is 0 Å². The second kappa shape index (κ2) is 8.15. The van der Waals surface area contributed by atoms with Crippen LogP contribution < -0.4 is 0 Å². The van der Waals surface area contributed by atoms with Crippen molar-refractivity contribution < 1.29 is 19.1 Å². The largest absolute Gasteiger partial charge is 0.467 e. The standard InChI is InChI=1S/C25H32N4O4/c1-25(23(32)33-3)20-19(21(30)28(22(20)31)14-16-10-6-4-7-11-16)18-15-27(2)24(29(18)25)26-17-12-8-5-9-13-17/h4,6-7,10-11,17-20H,5,8-9,12-15H2,1-3H3/t18-,19+,20-,25-/m1/s1. The number of benzene rings is 1. The number of likely N-dealkylation sites (N-methyl/N-ethyl adjacent to an activating group) is 1. The van der Waals surface area contributed by atoms with Crippen molar-refractivity contribution in [1.82, 2.24) is 14.7 Å². The van der Waals surface area contributed by atoms with Crippen LogP contribution in [0, 0.1) is 11.8 Å². The molecule has 4 atom stereocenters. The second-order valence-electron chi connectivity index (χ2n) is 9.93. The Morgan fingerprint density at radius 3 is 2.48 bits per heavy atom. The Balaban J connectivity index is 1.53. The Morgan fingerprint density at radius 1 is 1.12 bits per heavy atom. The van der Waals surface area contributed by atoms with Crippen LogP contribution in [0.15, 0.2) is 35.3 Å². The smallest absolute Gasteiger partial charge is 0.332 e. The summed E-state index contributed by atoms with van der Waals surface area (Å²) in [4.78, 5) is 50.9. The summed E-state index contributed by atoms with van der Waals surface area (Å²) < 4.78 is 5.23. The summed E-state index contributed by atoms with van der Waals surface area (Å²) in [5.41, 5.74) is -0.389. The van der Waals surface area contributed by atoms with Gasteiger partial charge >= 0.3 is 5.97 Å². The molecule has 8 nitrogen and oxygen atoms in total. The Kier molecular flexibility index (Phi) is 5.41. The van der Waals surface area contributed by atoms with Gasteiger partial charge in [0.25, 0.3) is 0 Å². The zero-order chi connectivity index (χ0) is 23.3. The monoisotopic (exact) mass is 452 g/mol. The first kappa shape index (κ1) is 21.9. The molecule has 1 aromatic carbocycles. The third kappa shape index (κ3) is 3.25. The number of guanidine groups is 1. The van der Waals surface area contributed by atoms with Gasteiger partial charge in [-0.15, -0.1) is 0 Å². The minimum absolute atomic E-state index is 0.205. The summed E-state index contributed by atoms with van der Waals surface area (Å²) in [6, 6.07) is 9.40. The van der Waals surface area contributed by atoms with E-state index < -0.39 is 23.3 Å². The van der Waals surface area contributed by atoms with Crippen molar-refractivity contribution in [2.45, 2.75) is 63.2 Å². The highest BCUT2D eigenvalue weighted by Crippen LogP contribution is 2.52. The van der Waals surface area contributed by atoms with E-state index in [1.807, 2.05) is 47.2 Å². The van der Waals surface area contributed by atoms with Crippen LogP contribution in [-0.2, 0) is 25.7 Å². The lowest BCUT2D eigenvalue weighted by molar-refractivity contribution is -0.157. The van der Waals surface area contributed by atoms with E-state index in [1.165, 1.54) is 18.4 Å². The molecular formula is C25H32N4O4. The van der Waals surface area contributed by atoms with Gasteiger partial charge in [0.1, 0.15) is 0 Å². The topological polar surface area (TPSA) is 82.5 Å². The summed E-state index contributed by atoms with van der Waals surface area (Å²) >= 11 is 0. The quantitative estimate of drug-likeness (QED) is 0.514. The van der Waals surface area contributed by atoms with Gasteiger partial charge in [-0.3, -0.25) is 14.5 Å². The third-order valence-corrected chi connectivity index (χ3v) is 7.97. The van der Waals surface area contributed by atoms with Crippen LogP contribution in [0.1, 0.15) is 44.6 Å². The fourth-order valence-electron chi connectivity index (χ4n) is 6.37. The van der Waals surface area contributed by atoms with Crippen LogP contribution in [0.5, 0.6) is 0 Å². The molecule has 0 radical (unpaired) electrons. The number of fused-ring (bicyclic) bond motifs is 3. The number of amides is 2. The van der Waals surface area contributed by atoms with Gasteiger partial charge in [0.05, 0.1) is 37.6 Å². The molecular weight excluding hydrogens is 420 g/mol. The molecule has 1 saturated carbocycles. The van der Waals surface area contributed by atoms with Crippen molar-refractivity contribution in [3.05, 3.63) is 35.9 Å². The number of imide groups is 1. The molecule has 0 unspecified atom stereocenters. The molecule has 3 heterocycles. The van der Waals surface area contributed by atoms with Crippen molar-refractivity contribution in [3.8, 4) is 0 Å². The number of carbonyl (C=O) groups is 3. The lowest BCUT2D eigenvalue weighted by atomic mass is 9.81. The number of rotatable bonds is 4. The van der Waals surface area contributed by atoms with Gasteiger partial charge in [0.15, 0.2) is 11.5 Å². The van der Waals surface area contributed by atoms with Crippen molar-refractivity contribution in [3.63, 3.8) is 0 Å². The van der Waals surface area contributed by atoms with E-state index in [0.717, 1.165) is 31.2 Å². The van der Waals surface area contributed by atoms with E-state index in [9.17, 15) is 14.4 Å². The molecule has 1 aromatic rings. The molecule has 33 heavy (non-hydrogen) atoms. The summed E-state index contributed by atoms with van der Waals surface area (Å²) in [6.07, 6.45) is 5.59. The summed E-state index contributed by atoms with van der Waals surface area (Å²) in [5, 5.41) is 0. The molecule has 8 heteroatoms. The van der Waals surface area contributed by atoms with Gasteiger partial charge in [-0.05, 0) is 25.3 Å². The number of likely N-dealkylation sites (tertiary alicyclic amines) is 1. The number of ether oxygens (including phenoxy) is 1. The molecule has 0 spiro atoms. The average molecular weight is 453 g/mol. The maximum atomic E-state index is 13.7. The SMILES string of the molecule is COC(=O)[C@@]1(C)[C@H]2C(=O)N(Cc3ccccc3)C(=O)[C@H]2[C@H]2CN(C)C(=NC3CCCCC3)N21. The average Bonchev–Trinajstić information content (AvgIpc) is 3.38. The first-order chi connectivity index (χ1) is 15.9. The zero-order valence-electron chi connectivity index (χ0n) is 19.6. The molecule has 3 saturated heterocycles. The molecule has 1 aliphatic carbocycles. The molecule has 176 valence electrons. The van der Waals surface area contributed by atoms with Gasteiger partial charge in [-0.25, -0.2) is 9.79 Å². The summed E-state index contributed by atoms with van der Waals surface area (Å²) in [5.74, 6) is -1.65. The highest BCUT2D eigenvalue weighted by atomic mass is 16.5. The lowest BCUT2D eigenvalue weighted by Gasteiger charge is -2.38. The van der Waals surface area contributed by atoms with Crippen LogP contribution in [0.2, 0.25) is 0 Å². The maximum Gasteiger partial charge on any atom is 0.332 e. The van der Waals surface area contributed by atoms with Crippen molar-refractivity contribution in [1.29, 1.82) is 0 Å². The lowest BCUT2D eigenvalue weighted by Crippen LogP contribution is -2.58. The normalized spacial score (nSPS) is 33.1. The summed E-state index contributed by atoms with van der Waals surface area (Å²) in [7, 11) is 3.30. The minimum Gasteiger partial charge on any atom is -0.467 e. The van der Waals surface area contributed by atoms with Gasteiger partial charge < -0.3 is 14.5 Å². The molecule has 4 aliphatic rings. The number of hydrogen-bond acceptors (Lipinski definition) is 5. The number of nitrogens with zero attached hydrogens (tertiary/aromatic N) is 4. The maximum absolute atomic E-state index is 13.7. The Bertz CT molecular complexity index is 989. The fourth-order valence-corrected chi connectivity index (χ4v) is 6.37. The Hall–Kier alpha value is -2.90. The van der Waals surface area contributed by atoms with Gasteiger partial charge in [-0.2, -0.15) is 0 Å². The van der Waals surface area contributed by atoms with Crippen LogP contribution >= 0.6 is 0 Å². The Labute approximate surface area is 194 Å². The molecule has 0 N–H and O–H groups in total. The zero-order valence-corrected chi connectivity index (χ0v) is 19.6. The predicted molar refractivity (Wildman–Crippen MR) is 122 cm³/mol. The van der Waals surface area contributed by atoms with Gasteiger partial charge in [0, 0.05) is 13.6 Å². The first-order valence-corrected chi connectivity index (χ1v) is 11.9. The number of hydrogen-bond donors (Lipinski definition) is 0. The second-order valence-corrected chi connectivity index (χ2v) is 9.93. The van der Waals surface area contributed by atoms with Gasteiger partial charge in [0.2, 0.25) is 11.8 Å². The van der Waals surface area contributed by atoms with E-state index in [0.29, 0.717) is 12.5 Å². The number of methoxy groups -OCH3 is 1. The minimum atomic E-state index is -1.28. The summed E-state index contributed by atoms with van der Waals surface area (Å²) in [6.45, 7) is 2.52. The van der Waals surface area contributed by atoms with Crippen molar-refractivity contribution in [2.24, 2.45) is 16.8 Å². The molecule has 3 aliphatic heterocycles. The Morgan fingerprint density at radius 2 is 1.82 bits per heavy atom. The van der Waals surface area contributed by atoms with Crippen LogP contribution in [-0.4, -0.2) is 76.8 Å². The van der Waals surface area contributed by atoms with Crippen molar-refractivity contribution >= 4 is 23.7 Å². The van der Waals surface area contributed by atoms with E-state index in [1.54, 1.807) is 6.92 Å². The van der Waals surface area contributed by atoms with E-state index in [4.69, 9.17) is 9.73 Å². The van der Waals surface area contributed by atoms with Crippen molar-refractivity contribution in [2.75, 3.05) is 20.7 Å². The third-order valence-electron chi connectivity index (χ3n) is 7.97. The molecule has 5 rings (SSSR count). The first-order valence-electron chi connectivity index (χ1n) is 11.9. The van der Waals surface area contributed by atoms with E-state index in [-0.39, 0.29) is 30.4 Å². The molecule has 0 aromatic heterocycles. The molecule has 4 fully saturated rings.